The Kier molecular flexibility index (Phi) is 56.3. The van der Waals surface area contributed by atoms with Gasteiger partial charge in [0.25, 0.3) is 0 Å². The molecule has 1 atom stereocenters. The van der Waals surface area contributed by atoms with Crippen LogP contribution in [-0.4, -0.2) is 37.2 Å². The minimum atomic E-state index is -0.818. The van der Waals surface area contributed by atoms with Gasteiger partial charge in [-0.3, -0.25) is 14.4 Å². The highest BCUT2D eigenvalue weighted by Crippen LogP contribution is 2.15. The van der Waals surface area contributed by atoms with E-state index in [2.05, 4.69) is 106 Å². The molecule has 6 heteroatoms. The molecule has 0 rings (SSSR count). The number of hydrogen-bond donors (Lipinski definition) is 0. The summed E-state index contributed by atoms with van der Waals surface area (Å²) in [4.78, 5) is 38.2. The van der Waals surface area contributed by atoms with Gasteiger partial charge in [0.15, 0.2) is 6.10 Å². The van der Waals surface area contributed by atoms with Crippen molar-refractivity contribution in [2.75, 3.05) is 13.2 Å². The lowest BCUT2D eigenvalue weighted by atomic mass is 10.0. The van der Waals surface area contributed by atoms with Gasteiger partial charge in [-0.1, -0.05) is 241 Å². The summed E-state index contributed by atoms with van der Waals surface area (Å²) in [6, 6.07) is 0. The van der Waals surface area contributed by atoms with E-state index in [1.807, 2.05) is 0 Å². The number of allylic oxidation sites excluding steroid dienone is 14. The molecular weight excluding hydrogens is 877 g/mol. The Bertz CT molecular complexity index is 1370. The molecule has 0 aliphatic heterocycles. The van der Waals surface area contributed by atoms with Crippen molar-refractivity contribution in [1.29, 1.82) is 0 Å². The molecule has 0 fully saturated rings. The fourth-order valence-corrected chi connectivity index (χ4v) is 8.28. The van der Waals surface area contributed by atoms with E-state index in [1.54, 1.807) is 0 Å². The minimum Gasteiger partial charge on any atom is -0.462 e. The predicted octanol–water partition coefficient (Wildman–Crippen LogP) is 20.3. The van der Waals surface area contributed by atoms with Crippen molar-refractivity contribution >= 4 is 17.9 Å². The smallest absolute Gasteiger partial charge is 0.306 e. The number of carbonyl (C=O) groups is 3. The molecule has 0 radical (unpaired) electrons. The Hall–Kier alpha value is -3.41. The molecule has 0 amide bonds. The van der Waals surface area contributed by atoms with Crippen molar-refractivity contribution in [2.45, 2.75) is 297 Å². The van der Waals surface area contributed by atoms with Crippen LogP contribution in [0.1, 0.15) is 290 Å². The molecule has 6 nitrogen and oxygen atoms in total. The van der Waals surface area contributed by atoms with Gasteiger partial charge in [0.2, 0.25) is 0 Å². The molecule has 0 aliphatic carbocycles. The average Bonchev–Trinajstić information content (AvgIpc) is 3.37. The molecule has 0 aliphatic rings. The Morgan fingerprint density at radius 2 is 0.521 bits per heavy atom. The first-order chi connectivity index (χ1) is 35.0. The van der Waals surface area contributed by atoms with E-state index in [0.717, 1.165) is 64.2 Å². The number of esters is 3. The van der Waals surface area contributed by atoms with Crippen LogP contribution >= 0.6 is 0 Å². The quantitative estimate of drug-likeness (QED) is 0.0261. The summed E-state index contributed by atoms with van der Waals surface area (Å²) in [5, 5.41) is 0. The molecule has 0 spiro atoms. The second-order valence-corrected chi connectivity index (χ2v) is 19.9. The fraction of sp³-hybridized carbons (Fsp3) is 0.738. The van der Waals surface area contributed by atoms with Crippen molar-refractivity contribution < 1.29 is 28.6 Å². The van der Waals surface area contributed by atoms with Gasteiger partial charge in [0.05, 0.1) is 0 Å². The largest absolute Gasteiger partial charge is 0.462 e. The summed E-state index contributed by atoms with van der Waals surface area (Å²) in [6.45, 7) is 6.54. The SMILES string of the molecule is CCCCC/C=C\C/C=C\C/C=C\CCCCC(=O)O[C@@H](COC(=O)CCC/C=C\C/C=C\C/C=C\CCCCCCCC)COC(=O)CCCCCCCCCCCCC/C=C\CCCCCCCC. The maximum Gasteiger partial charge on any atom is 0.306 e. The third kappa shape index (κ3) is 57.4. The number of carbonyl (C=O) groups excluding carboxylic acids is 3. The lowest BCUT2D eigenvalue weighted by Crippen LogP contribution is -2.30. The summed E-state index contributed by atoms with van der Waals surface area (Å²) in [5.74, 6) is -0.995. The highest BCUT2D eigenvalue weighted by molar-refractivity contribution is 5.71. The molecule has 71 heavy (non-hydrogen) atoms. The Balaban J connectivity index is 4.45. The van der Waals surface area contributed by atoms with Crippen LogP contribution in [0.15, 0.2) is 85.1 Å². The average molecular weight is 990 g/mol. The van der Waals surface area contributed by atoms with Gasteiger partial charge >= 0.3 is 17.9 Å². The molecule has 0 aromatic rings. The van der Waals surface area contributed by atoms with E-state index in [9.17, 15) is 14.4 Å². The normalized spacial score (nSPS) is 12.7. The van der Waals surface area contributed by atoms with Crippen molar-refractivity contribution in [3.05, 3.63) is 85.1 Å². The molecule has 0 aromatic heterocycles. The van der Waals surface area contributed by atoms with Crippen LogP contribution in [0.3, 0.4) is 0 Å². The molecule has 0 unspecified atom stereocenters. The van der Waals surface area contributed by atoms with Gasteiger partial charge in [-0.25, -0.2) is 0 Å². The second kappa shape index (κ2) is 59.2. The predicted molar refractivity (Wildman–Crippen MR) is 307 cm³/mol. The van der Waals surface area contributed by atoms with E-state index >= 15 is 0 Å². The third-order valence-corrected chi connectivity index (χ3v) is 12.8. The first kappa shape index (κ1) is 67.6. The summed E-state index contributed by atoms with van der Waals surface area (Å²) in [7, 11) is 0. The zero-order valence-electron chi connectivity index (χ0n) is 46.7. The molecular formula is C65H112O6. The topological polar surface area (TPSA) is 78.9 Å². The number of rotatable bonds is 54. The van der Waals surface area contributed by atoms with E-state index in [0.29, 0.717) is 19.3 Å². The standard InChI is InChI=1S/C65H112O6/c1-4-7-10-13-16-19-22-25-28-30-31-32-33-35-38-40-43-46-49-52-55-58-64(67)70-61-62(71-65(68)59-56-53-50-47-44-41-36-27-24-21-18-15-12-9-6-3)60-69-63(66)57-54-51-48-45-42-39-37-34-29-26-23-20-17-14-11-8-5-2/h18,21,25-29,36-37,39,44-45,47-48,62H,4-17,19-20,22-24,30-35,38,40-43,46,49-61H2,1-3H3/b21-18-,28-25-,29-26-,36-27-,39-37-,47-44-,48-45-/t62-/m0/s1. The third-order valence-electron chi connectivity index (χ3n) is 12.8. The maximum atomic E-state index is 12.8. The van der Waals surface area contributed by atoms with Crippen molar-refractivity contribution in [3.63, 3.8) is 0 Å². The van der Waals surface area contributed by atoms with Gasteiger partial charge in [-0.2, -0.15) is 0 Å². The van der Waals surface area contributed by atoms with E-state index in [1.165, 1.54) is 173 Å². The molecule has 0 N–H and O–H groups in total. The Morgan fingerprint density at radius 3 is 0.915 bits per heavy atom. The summed E-state index contributed by atoms with van der Waals surface area (Å²) in [5.41, 5.74) is 0. The molecule has 0 saturated carbocycles. The maximum absolute atomic E-state index is 12.8. The summed E-state index contributed by atoms with van der Waals surface area (Å²) < 4.78 is 16.8. The van der Waals surface area contributed by atoms with Crippen LogP contribution in [0.25, 0.3) is 0 Å². The minimum absolute atomic E-state index is 0.107. The number of ether oxygens (including phenoxy) is 3. The molecule has 0 aromatic carbocycles. The monoisotopic (exact) mass is 989 g/mol. The van der Waals surface area contributed by atoms with Crippen LogP contribution in [-0.2, 0) is 28.6 Å². The van der Waals surface area contributed by atoms with Crippen LogP contribution in [0.5, 0.6) is 0 Å². The zero-order valence-corrected chi connectivity index (χ0v) is 46.7. The van der Waals surface area contributed by atoms with Crippen LogP contribution < -0.4 is 0 Å². The van der Waals surface area contributed by atoms with Crippen LogP contribution in [0.2, 0.25) is 0 Å². The van der Waals surface area contributed by atoms with Gasteiger partial charge in [0.1, 0.15) is 13.2 Å². The lowest BCUT2D eigenvalue weighted by Gasteiger charge is -2.18. The molecule has 408 valence electrons. The molecule has 0 bridgehead atoms. The highest BCUT2D eigenvalue weighted by Gasteiger charge is 2.19. The lowest BCUT2D eigenvalue weighted by molar-refractivity contribution is -0.167. The Morgan fingerprint density at radius 1 is 0.282 bits per heavy atom. The fourth-order valence-electron chi connectivity index (χ4n) is 8.28. The van der Waals surface area contributed by atoms with Gasteiger partial charge in [0, 0.05) is 19.3 Å². The second-order valence-electron chi connectivity index (χ2n) is 19.9. The molecule has 0 saturated heterocycles. The Labute approximate surface area is 439 Å². The van der Waals surface area contributed by atoms with E-state index in [-0.39, 0.29) is 44.0 Å². The first-order valence-electron chi connectivity index (χ1n) is 30.1. The molecule has 0 heterocycles. The van der Waals surface area contributed by atoms with E-state index < -0.39 is 6.10 Å². The van der Waals surface area contributed by atoms with Gasteiger partial charge < -0.3 is 14.2 Å². The van der Waals surface area contributed by atoms with Crippen molar-refractivity contribution in [2.24, 2.45) is 0 Å². The number of hydrogen-bond acceptors (Lipinski definition) is 6. The van der Waals surface area contributed by atoms with Crippen molar-refractivity contribution in [3.8, 4) is 0 Å². The van der Waals surface area contributed by atoms with Gasteiger partial charge in [-0.15, -0.1) is 0 Å². The van der Waals surface area contributed by atoms with Gasteiger partial charge in [-0.05, 0) is 116 Å². The first-order valence-corrected chi connectivity index (χ1v) is 30.1. The van der Waals surface area contributed by atoms with Crippen LogP contribution in [0.4, 0.5) is 0 Å². The summed E-state index contributed by atoms with van der Waals surface area (Å²) in [6.07, 6.45) is 77.3. The van der Waals surface area contributed by atoms with Crippen molar-refractivity contribution in [1.82, 2.24) is 0 Å². The van der Waals surface area contributed by atoms with Crippen LogP contribution in [0, 0.1) is 0 Å². The van der Waals surface area contributed by atoms with E-state index in [4.69, 9.17) is 14.2 Å². The zero-order chi connectivity index (χ0) is 51.4. The number of unbranched alkanes of at least 4 members (excludes halogenated alkanes) is 29. The summed E-state index contributed by atoms with van der Waals surface area (Å²) >= 11 is 0. The highest BCUT2D eigenvalue weighted by atomic mass is 16.6.